The van der Waals surface area contributed by atoms with Crippen molar-refractivity contribution in [2.75, 3.05) is 4.90 Å². The molecule has 0 aliphatic carbocycles. The molecule has 4 rings (SSSR count). The predicted octanol–water partition coefficient (Wildman–Crippen LogP) is 1.97. The smallest absolute Gasteiger partial charge is 0.240 e. The molecule has 22 heavy (non-hydrogen) atoms. The van der Waals surface area contributed by atoms with Crippen LogP contribution in [0.3, 0.4) is 0 Å². The largest absolute Gasteiger partial charge is 0.390 e. The summed E-state index contributed by atoms with van der Waals surface area (Å²) in [6.07, 6.45) is -0.875. The summed E-state index contributed by atoms with van der Waals surface area (Å²) in [5.74, 6) is -1.64. The predicted molar refractivity (Wildman–Crippen MR) is 87.5 cm³/mol. The molecule has 1 aromatic rings. The Balaban J connectivity index is 1.77. The van der Waals surface area contributed by atoms with Crippen LogP contribution in [0.2, 0.25) is 5.02 Å². The number of anilines is 1. The number of imide groups is 1. The third-order valence-corrected chi connectivity index (χ3v) is 6.46. The fourth-order valence-electron chi connectivity index (χ4n) is 4.02. The molecule has 5 atom stereocenters. The first kappa shape index (κ1) is 14.9. The number of benzene rings is 1. The Morgan fingerprint density at radius 3 is 2.82 bits per heavy atom. The first-order valence-electron chi connectivity index (χ1n) is 7.02. The lowest BCUT2D eigenvalue weighted by Gasteiger charge is -2.27. The molecule has 7 heteroatoms. The summed E-state index contributed by atoms with van der Waals surface area (Å²) < 4.78 is 6.54. The molecule has 5 nitrogen and oxygen atoms in total. The van der Waals surface area contributed by atoms with Gasteiger partial charge in [-0.05, 0) is 47.7 Å². The minimum atomic E-state index is -0.754. The first-order valence-corrected chi connectivity index (χ1v) is 8.48. The number of rotatable bonds is 1. The number of aliphatic hydroxyl groups is 1. The van der Waals surface area contributed by atoms with Gasteiger partial charge in [-0.2, -0.15) is 0 Å². The van der Waals surface area contributed by atoms with Crippen LogP contribution in [-0.2, 0) is 14.3 Å². The molecule has 3 aliphatic heterocycles. The molecule has 2 bridgehead atoms. The van der Waals surface area contributed by atoms with E-state index in [0.29, 0.717) is 17.1 Å². The van der Waals surface area contributed by atoms with E-state index in [4.69, 9.17) is 16.3 Å². The molecule has 0 spiro atoms. The number of fused-ring (bicyclic) bond motifs is 5. The van der Waals surface area contributed by atoms with E-state index >= 15 is 0 Å². The standard InChI is InChI=1S/C15H13ClINO4/c1-15-5-9(19)12(22-15)10-11(15)14(21)18(13(10)20)6-2-3-7(16)8(17)4-6/h2-4,9-12,19H,5H2,1H3/t9-,10+,11+,12?,15?/m0/s1. The van der Waals surface area contributed by atoms with E-state index in [1.165, 1.54) is 4.90 Å². The van der Waals surface area contributed by atoms with Crippen LogP contribution in [0.25, 0.3) is 0 Å². The lowest BCUT2D eigenvalue weighted by atomic mass is 9.73. The molecule has 2 unspecified atom stereocenters. The van der Waals surface area contributed by atoms with Crippen LogP contribution >= 0.6 is 34.2 Å². The van der Waals surface area contributed by atoms with Gasteiger partial charge in [-0.3, -0.25) is 9.59 Å². The number of carbonyl (C=O) groups excluding carboxylic acids is 2. The summed E-state index contributed by atoms with van der Waals surface area (Å²) in [7, 11) is 0. The lowest BCUT2D eigenvalue weighted by Crippen LogP contribution is -2.42. The molecule has 0 radical (unpaired) electrons. The maximum absolute atomic E-state index is 12.8. The number of amides is 2. The second-order valence-corrected chi connectivity index (χ2v) is 7.85. The molecule has 3 fully saturated rings. The van der Waals surface area contributed by atoms with E-state index in [9.17, 15) is 14.7 Å². The topological polar surface area (TPSA) is 66.8 Å². The lowest BCUT2D eigenvalue weighted by molar-refractivity contribution is -0.127. The molecule has 0 aromatic heterocycles. The number of nitrogens with zero attached hydrogens (tertiary/aromatic N) is 1. The maximum atomic E-state index is 12.8. The van der Waals surface area contributed by atoms with Gasteiger partial charge in [0.15, 0.2) is 0 Å². The Kier molecular flexibility index (Phi) is 3.15. The van der Waals surface area contributed by atoms with Crippen LogP contribution in [-0.4, -0.2) is 34.7 Å². The summed E-state index contributed by atoms with van der Waals surface area (Å²) in [5, 5.41) is 10.6. The van der Waals surface area contributed by atoms with Crippen LogP contribution in [0, 0.1) is 15.4 Å². The van der Waals surface area contributed by atoms with Gasteiger partial charge in [0, 0.05) is 9.99 Å². The molecular formula is C15H13ClINO4. The molecule has 1 aromatic carbocycles. The monoisotopic (exact) mass is 433 g/mol. The molecule has 3 aliphatic rings. The van der Waals surface area contributed by atoms with E-state index in [1.54, 1.807) is 25.1 Å². The van der Waals surface area contributed by atoms with Gasteiger partial charge in [-0.1, -0.05) is 11.6 Å². The van der Waals surface area contributed by atoms with Crippen molar-refractivity contribution in [3.63, 3.8) is 0 Å². The number of hydrogen-bond acceptors (Lipinski definition) is 4. The average Bonchev–Trinajstić information content (AvgIpc) is 3.00. The van der Waals surface area contributed by atoms with Crippen molar-refractivity contribution >= 4 is 51.7 Å². The molecule has 0 saturated carbocycles. The van der Waals surface area contributed by atoms with Crippen molar-refractivity contribution in [1.82, 2.24) is 0 Å². The third-order valence-electron chi connectivity index (χ3n) is 4.92. The van der Waals surface area contributed by atoms with Crippen molar-refractivity contribution in [2.24, 2.45) is 11.8 Å². The van der Waals surface area contributed by atoms with Gasteiger partial charge in [-0.15, -0.1) is 0 Å². The minimum absolute atomic E-state index is 0.245. The minimum Gasteiger partial charge on any atom is -0.390 e. The van der Waals surface area contributed by atoms with Crippen LogP contribution in [0.4, 0.5) is 5.69 Å². The van der Waals surface area contributed by atoms with Crippen molar-refractivity contribution in [2.45, 2.75) is 31.2 Å². The highest BCUT2D eigenvalue weighted by Gasteiger charge is 2.70. The third kappa shape index (κ3) is 1.78. The Hall–Kier alpha value is -0.700. The van der Waals surface area contributed by atoms with Gasteiger partial charge < -0.3 is 9.84 Å². The summed E-state index contributed by atoms with van der Waals surface area (Å²) in [4.78, 5) is 26.8. The van der Waals surface area contributed by atoms with Crippen molar-refractivity contribution in [3.05, 3.63) is 26.8 Å². The summed E-state index contributed by atoms with van der Waals surface area (Å²) in [6, 6.07) is 5.07. The number of carbonyl (C=O) groups is 2. The zero-order valence-electron chi connectivity index (χ0n) is 11.6. The van der Waals surface area contributed by atoms with Gasteiger partial charge in [0.25, 0.3) is 0 Å². The van der Waals surface area contributed by atoms with Crippen LogP contribution in [0.1, 0.15) is 13.3 Å². The number of halogens is 2. The number of aliphatic hydroxyl groups excluding tert-OH is 1. The van der Waals surface area contributed by atoms with E-state index in [0.717, 1.165) is 3.57 Å². The van der Waals surface area contributed by atoms with Crippen LogP contribution in [0.5, 0.6) is 0 Å². The molecule has 3 heterocycles. The van der Waals surface area contributed by atoms with Crippen LogP contribution < -0.4 is 4.90 Å². The van der Waals surface area contributed by atoms with Gasteiger partial charge in [0.2, 0.25) is 11.8 Å². The summed E-state index contributed by atoms with van der Waals surface area (Å²) in [5.41, 5.74) is -0.230. The molecule has 3 saturated heterocycles. The van der Waals surface area contributed by atoms with Crippen molar-refractivity contribution < 1.29 is 19.4 Å². The zero-order chi connectivity index (χ0) is 15.8. The Morgan fingerprint density at radius 2 is 2.14 bits per heavy atom. The zero-order valence-corrected chi connectivity index (χ0v) is 14.5. The average molecular weight is 434 g/mol. The van der Waals surface area contributed by atoms with E-state index in [2.05, 4.69) is 22.6 Å². The summed E-state index contributed by atoms with van der Waals surface area (Å²) in [6.45, 7) is 1.81. The Labute approximate surface area is 145 Å². The van der Waals surface area contributed by atoms with E-state index in [1.807, 2.05) is 0 Å². The second kappa shape index (κ2) is 4.66. The summed E-state index contributed by atoms with van der Waals surface area (Å²) >= 11 is 8.07. The SMILES string of the molecule is CC12C[C@H](O)C(O1)[C@@H]1C(=O)N(c3ccc(Cl)c(I)c3)C(=O)[C@@H]12. The Bertz CT molecular complexity index is 711. The first-order chi connectivity index (χ1) is 10.3. The van der Waals surface area contributed by atoms with E-state index in [-0.39, 0.29) is 11.8 Å². The highest BCUT2D eigenvalue weighted by atomic mass is 127. The van der Waals surface area contributed by atoms with Gasteiger partial charge in [0.1, 0.15) is 0 Å². The normalized spacial score (nSPS) is 39.7. The quantitative estimate of drug-likeness (QED) is 0.543. The highest BCUT2D eigenvalue weighted by Crippen LogP contribution is 2.55. The number of ether oxygens (including phenoxy) is 1. The fraction of sp³-hybridized carbons (Fsp3) is 0.467. The maximum Gasteiger partial charge on any atom is 0.240 e. The van der Waals surface area contributed by atoms with Crippen LogP contribution in [0.15, 0.2) is 18.2 Å². The molecular weight excluding hydrogens is 421 g/mol. The van der Waals surface area contributed by atoms with Crippen molar-refractivity contribution in [1.29, 1.82) is 0 Å². The van der Waals surface area contributed by atoms with E-state index < -0.39 is 29.6 Å². The van der Waals surface area contributed by atoms with Gasteiger partial charge >= 0.3 is 0 Å². The Morgan fingerprint density at radius 1 is 1.41 bits per heavy atom. The molecule has 2 amide bonds. The number of hydrogen-bond donors (Lipinski definition) is 1. The molecule has 116 valence electrons. The second-order valence-electron chi connectivity index (χ2n) is 6.28. The van der Waals surface area contributed by atoms with Gasteiger partial charge in [0.05, 0.1) is 40.4 Å². The molecule has 1 N–H and O–H groups in total. The van der Waals surface area contributed by atoms with Gasteiger partial charge in [-0.25, -0.2) is 4.90 Å². The van der Waals surface area contributed by atoms with Crippen molar-refractivity contribution in [3.8, 4) is 0 Å². The fourth-order valence-corrected chi connectivity index (χ4v) is 4.64. The highest BCUT2D eigenvalue weighted by molar-refractivity contribution is 14.1.